The molecule has 0 fully saturated rings. The highest BCUT2D eigenvalue weighted by molar-refractivity contribution is 9.10. The topological polar surface area (TPSA) is 88.3 Å². The quantitative estimate of drug-likeness (QED) is 0.423. The van der Waals surface area contributed by atoms with E-state index in [2.05, 4.69) is 26.0 Å². The molecule has 0 saturated carbocycles. The minimum absolute atomic E-state index is 0.112. The van der Waals surface area contributed by atoms with Crippen LogP contribution in [0.1, 0.15) is 28.5 Å². The molecule has 5 rings (SSSR count). The molecule has 168 valence electrons. The lowest BCUT2D eigenvalue weighted by molar-refractivity contribution is 0.215. The van der Waals surface area contributed by atoms with Gasteiger partial charge in [-0.2, -0.15) is 9.40 Å². The summed E-state index contributed by atoms with van der Waals surface area (Å²) in [6.45, 7) is 0.237. The number of fused-ring (bicyclic) bond motifs is 1. The first kappa shape index (κ1) is 21.9. The fraction of sp³-hybridized carbons (Fsp3) is 0.130. The number of aliphatic hydroxyl groups excluding tert-OH is 1. The number of pyridine rings is 1. The van der Waals surface area contributed by atoms with Crippen molar-refractivity contribution in [2.45, 2.75) is 24.1 Å². The van der Waals surface area contributed by atoms with Crippen LogP contribution >= 0.6 is 15.9 Å². The van der Waals surface area contributed by atoms with E-state index in [-0.39, 0.29) is 23.7 Å². The number of hydrogen-bond acceptors (Lipinski definition) is 5. The summed E-state index contributed by atoms with van der Waals surface area (Å²) in [6.07, 6.45) is 3.74. The van der Waals surface area contributed by atoms with E-state index in [1.807, 2.05) is 12.1 Å². The average Bonchev–Trinajstić information content (AvgIpc) is 3.48. The van der Waals surface area contributed by atoms with Crippen molar-refractivity contribution in [3.05, 3.63) is 106 Å². The Labute approximate surface area is 198 Å². The first-order valence-electron chi connectivity index (χ1n) is 10.0. The van der Waals surface area contributed by atoms with Gasteiger partial charge in [0.05, 0.1) is 10.6 Å². The molecule has 1 unspecified atom stereocenters. The van der Waals surface area contributed by atoms with Crippen LogP contribution in [0.5, 0.6) is 0 Å². The number of rotatable bonds is 5. The average molecular weight is 529 g/mol. The Balaban J connectivity index is 1.40. The van der Waals surface area contributed by atoms with Gasteiger partial charge >= 0.3 is 0 Å². The molecule has 0 radical (unpaired) electrons. The van der Waals surface area contributed by atoms with E-state index in [1.54, 1.807) is 36.7 Å². The third kappa shape index (κ3) is 4.10. The minimum atomic E-state index is -3.94. The molecule has 2 aromatic heterocycles. The summed E-state index contributed by atoms with van der Waals surface area (Å²) in [5.74, 6) is -0.683. The van der Waals surface area contributed by atoms with Gasteiger partial charge in [0, 0.05) is 36.2 Å². The highest BCUT2D eigenvalue weighted by Crippen LogP contribution is 2.32. The lowest BCUT2D eigenvalue weighted by atomic mass is 10.0. The molecule has 33 heavy (non-hydrogen) atoms. The summed E-state index contributed by atoms with van der Waals surface area (Å²) in [5, 5.41) is 14.7. The molecule has 1 N–H and O–H groups in total. The highest BCUT2D eigenvalue weighted by atomic mass is 79.9. The van der Waals surface area contributed by atoms with Crippen LogP contribution in [0.3, 0.4) is 0 Å². The molecule has 0 saturated heterocycles. The normalized spacial score (nSPS) is 14.9. The predicted molar refractivity (Wildman–Crippen MR) is 122 cm³/mol. The zero-order valence-corrected chi connectivity index (χ0v) is 19.5. The molecule has 7 nitrogen and oxygen atoms in total. The second-order valence-corrected chi connectivity index (χ2v) is 10.5. The minimum Gasteiger partial charge on any atom is -0.382 e. The van der Waals surface area contributed by atoms with Gasteiger partial charge in [0.2, 0.25) is 10.0 Å². The summed E-state index contributed by atoms with van der Waals surface area (Å²) in [7, 11) is -3.94. The Morgan fingerprint density at radius 1 is 1.06 bits per heavy atom. The van der Waals surface area contributed by atoms with E-state index in [1.165, 1.54) is 27.3 Å². The second kappa shape index (κ2) is 8.45. The maximum absolute atomic E-state index is 14.6. The molecular weight excluding hydrogens is 511 g/mol. The zero-order chi connectivity index (χ0) is 23.2. The standard InChI is InChI=1S/C23H18BrFN4O3S/c24-18-4-1-3-15(9-18)23(30)21-10-16-13-28(14-17(16)12-26-21)33(31,32)19-5-6-22(20(25)11-19)29-8-2-7-27-29/h1-12,23,30H,13-14H2. The second-order valence-electron chi connectivity index (χ2n) is 7.67. The number of nitrogens with zero attached hydrogens (tertiary/aromatic N) is 4. The Bertz CT molecular complexity index is 1440. The number of sulfonamides is 1. The van der Waals surface area contributed by atoms with Crippen LogP contribution in [0.15, 0.2) is 82.6 Å². The smallest absolute Gasteiger partial charge is 0.243 e. The van der Waals surface area contributed by atoms with Crippen molar-refractivity contribution in [2.24, 2.45) is 0 Å². The van der Waals surface area contributed by atoms with E-state index in [4.69, 9.17) is 0 Å². The number of hydrogen-bond donors (Lipinski definition) is 1. The Kier molecular flexibility index (Phi) is 5.61. The van der Waals surface area contributed by atoms with Crippen LogP contribution < -0.4 is 0 Å². The van der Waals surface area contributed by atoms with Crippen molar-refractivity contribution in [2.75, 3.05) is 0 Å². The molecule has 4 aromatic rings. The Hall–Kier alpha value is -2.92. The predicted octanol–water partition coefficient (Wildman–Crippen LogP) is 3.96. The summed E-state index contributed by atoms with van der Waals surface area (Å²) in [5.41, 5.74) is 2.77. The largest absolute Gasteiger partial charge is 0.382 e. The molecule has 1 aliphatic heterocycles. The molecule has 1 atom stereocenters. The lowest BCUT2D eigenvalue weighted by Crippen LogP contribution is -2.25. The fourth-order valence-corrected chi connectivity index (χ4v) is 5.66. The van der Waals surface area contributed by atoms with Crippen LogP contribution in [0.2, 0.25) is 0 Å². The van der Waals surface area contributed by atoms with Gasteiger partial charge in [-0.05, 0) is 59.2 Å². The highest BCUT2D eigenvalue weighted by Gasteiger charge is 2.32. The summed E-state index contributed by atoms with van der Waals surface area (Å²) >= 11 is 3.39. The first-order valence-corrected chi connectivity index (χ1v) is 12.3. The zero-order valence-electron chi connectivity index (χ0n) is 17.1. The van der Waals surface area contributed by atoms with Crippen molar-refractivity contribution in [1.82, 2.24) is 19.1 Å². The summed E-state index contributed by atoms with van der Waals surface area (Å²) in [4.78, 5) is 4.21. The monoisotopic (exact) mass is 528 g/mol. The van der Waals surface area contributed by atoms with Gasteiger partial charge in [0.15, 0.2) is 0 Å². The van der Waals surface area contributed by atoms with Gasteiger partial charge < -0.3 is 5.11 Å². The van der Waals surface area contributed by atoms with Crippen molar-refractivity contribution in [1.29, 1.82) is 0 Å². The summed E-state index contributed by atoms with van der Waals surface area (Å²) in [6, 6.07) is 14.4. The SMILES string of the molecule is O=S(=O)(c1ccc(-n2cccn2)c(F)c1)N1Cc2cnc(C(O)c3cccc(Br)c3)cc2C1. The molecule has 1 aliphatic rings. The fourth-order valence-electron chi connectivity index (χ4n) is 3.83. The number of halogens is 2. The van der Waals surface area contributed by atoms with Gasteiger partial charge in [0.25, 0.3) is 0 Å². The van der Waals surface area contributed by atoms with Crippen LogP contribution in [0.4, 0.5) is 4.39 Å². The van der Waals surface area contributed by atoms with Gasteiger partial charge in [-0.25, -0.2) is 17.5 Å². The van der Waals surface area contributed by atoms with E-state index < -0.39 is 21.9 Å². The molecule has 0 bridgehead atoms. The third-order valence-electron chi connectivity index (χ3n) is 5.55. The molecule has 10 heteroatoms. The van der Waals surface area contributed by atoms with Gasteiger partial charge in [-0.3, -0.25) is 4.98 Å². The van der Waals surface area contributed by atoms with Crippen LogP contribution in [0.25, 0.3) is 5.69 Å². The molecular formula is C23H18BrFN4O3S. The molecule has 0 spiro atoms. The first-order chi connectivity index (χ1) is 15.8. The van der Waals surface area contributed by atoms with Gasteiger partial charge in [0.1, 0.15) is 17.6 Å². The van der Waals surface area contributed by atoms with Gasteiger partial charge in [-0.15, -0.1) is 0 Å². The van der Waals surface area contributed by atoms with Crippen LogP contribution in [-0.2, 0) is 23.1 Å². The third-order valence-corrected chi connectivity index (χ3v) is 7.83. The number of benzene rings is 2. The van der Waals surface area contributed by atoms with Crippen molar-refractivity contribution in [3.8, 4) is 5.69 Å². The van der Waals surface area contributed by atoms with E-state index in [0.29, 0.717) is 11.3 Å². The number of aromatic nitrogens is 3. The molecule has 0 aliphatic carbocycles. The van der Waals surface area contributed by atoms with Crippen molar-refractivity contribution >= 4 is 26.0 Å². The summed E-state index contributed by atoms with van der Waals surface area (Å²) < 4.78 is 44.5. The molecule has 0 amide bonds. The van der Waals surface area contributed by atoms with Crippen LogP contribution in [0, 0.1) is 5.82 Å². The van der Waals surface area contributed by atoms with Crippen LogP contribution in [-0.4, -0.2) is 32.6 Å². The Morgan fingerprint density at radius 3 is 2.61 bits per heavy atom. The molecule has 3 heterocycles. The van der Waals surface area contributed by atoms with Crippen molar-refractivity contribution in [3.63, 3.8) is 0 Å². The van der Waals surface area contributed by atoms with E-state index >= 15 is 0 Å². The maximum atomic E-state index is 14.6. The van der Waals surface area contributed by atoms with Crippen molar-refractivity contribution < 1.29 is 17.9 Å². The molecule has 2 aromatic carbocycles. The van der Waals surface area contributed by atoms with E-state index in [0.717, 1.165) is 21.7 Å². The Morgan fingerprint density at radius 2 is 1.88 bits per heavy atom. The maximum Gasteiger partial charge on any atom is 0.243 e. The van der Waals surface area contributed by atoms with E-state index in [9.17, 15) is 17.9 Å². The van der Waals surface area contributed by atoms with Gasteiger partial charge in [-0.1, -0.05) is 28.1 Å². The lowest BCUT2D eigenvalue weighted by Gasteiger charge is -2.16. The number of aliphatic hydroxyl groups is 1.